The largest absolute Gasteiger partial charge is 0.381 e. The van der Waals surface area contributed by atoms with Crippen LogP contribution in [0.1, 0.15) is 12.8 Å². The topological polar surface area (TPSA) is 71.0 Å². The van der Waals surface area contributed by atoms with Crippen LogP contribution in [-0.4, -0.2) is 86.7 Å². The number of anilines is 2. The second-order valence-corrected chi connectivity index (χ2v) is 7.07. The van der Waals surface area contributed by atoms with Crippen LogP contribution in [0.4, 0.5) is 11.5 Å². The van der Waals surface area contributed by atoms with Gasteiger partial charge in [-0.1, -0.05) is 0 Å². The molecule has 3 aliphatic heterocycles. The molecule has 0 aliphatic carbocycles. The molecule has 3 saturated heterocycles. The molecule has 0 spiro atoms. The normalized spacial score (nSPS) is 22.5. The van der Waals surface area contributed by atoms with Crippen molar-refractivity contribution in [1.29, 1.82) is 0 Å². The predicted octanol–water partition coefficient (Wildman–Crippen LogP) is 0.388. The van der Waals surface area contributed by atoms with Crippen LogP contribution in [-0.2, 0) is 14.3 Å². The van der Waals surface area contributed by atoms with Gasteiger partial charge in [0.1, 0.15) is 0 Å². The summed E-state index contributed by atoms with van der Waals surface area (Å²) in [4.78, 5) is 19.2. The zero-order valence-electron chi connectivity index (χ0n) is 15.2. The maximum Gasteiger partial charge on any atom is 0.225 e. The third-order valence-electron chi connectivity index (χ3n) is 5.49. The van der Waals surface area contributed by atoms with E-state index in [1.807, 2.05) is 11.1 Å². The standard InChI is InChI=1S/C18H27N5O3/c24-18(15-1-9-25-10-2-15)23-5-3-22(4-6-23)17-13-16(14-19-20-17)21-7-11-26-12-8-21/h13-15H,1-12H2. The summed E-state index contributed by atoms with van der Waals surface area (Å²) in [5.41, 5.74) is 1.10. The number of carbonyl (C=O) groups excluding carboxylic acids is 1. The van der Waals surface area contributed by atoms with Gasteiger partial charge < -0.3 is 24.2 Å². The first-order valence-electron chi connectivity index (χ1n) is 9.58. The summed E-state index contributed by atoms with van der Waals surface area (Å²) in [6.45, 7) is 7.80. The van der Waals surface area contributed by atoms with Gasteiger partial charge in [-0.15, -0.1) is 5.10 Å². The molecule has 1 amide bonds. The number of rotatable bonds is 3. The zero-order valence-corrected chi connectivity index (χ0v) is 15.2. The van der Waals surface area contributed by atoms with Crippen LogP contribution >= 0.6 is 0 Å². The lowest BCUT2D eigenvalue weighted by molar-refractivity contribution is -0.138. The van der Waals surface area contributed by atoms with E-state index in [-0.39, 0.29) is 5.92 Å². The van der Waals surface area contributed by atoms with Crippen molar-refractivity contribution in [2.75, 3.05) is 75.5 Å². The lowest BCUT2D eigenvalue weighted by Gasteiger charge is -2.37. The molecule has 142 valence electrons. The van der Waals surface area contributed by atoms with E-state index in [4.69, 9.17) is 9.47 Å². The van der Waals surface area contributed by atoms with Gasteiger partial charge in [-0.2, -0.15) is 5.10 Å². The maximum absolute atomic E-state index is 12.7. The van der Waals surface area contributed by atoms with Gasteiger partial charge in [-0.05, 0) is 12.8 Å². The minimum Gasteiger partial charge on any atom is -0.381 e. The van der Waals surface area contributed by atoms with Crippen LogP contribution in [0, 0.1) is 5.92 Å². The van der Waals surface area contributed by atoms with Crippen LogP contribution in [0.2, 0.25) is 0 Å². The lowest BCUT2D eigenvalue weighted by atomic mass is 9.98. The first-order valence-corrected chi connectivity index (χ1v) is 9.58. The molecule has 0 radical (unpaired) electrons. The van der Waals surface area contributed by atoms with Crippen molar-refractivity contribution in [2.24, 2.45) is 5.92 Å². The van der Waals surface area contributed by atoms with E-state index in [1.165, 1.54) is 0 Å². The van der Waals surface area contributed by atoms with E-state index < -0.39 is 0 Å². The van der Waals surface area contributed by atoms with Gasteiger partial charge in [0, 0.05) is 64.5 Å². The van der Waals surface area contributed by atoms with E-state index in [1.54, 1.807) is 0 Å². The summed E-state index contributed by atoms with van der Waals surface area (Å²) in [7, 11) is 0. The van der Waals surface area contributed by atoms with Crippen LogP contribution < -0.4 is 9.80 Å². The Labute approximate surface area is 154 Å². The Kier molecular flexibility index (Phi) is 5.50. The van der Waals surface area contributed by atoms with E-state index in [9.17, 15) is 4.79 Å². The quantitative estimate of drug-likeness (QED) is 0.771. The summed E-state index contributed by atoms with van der Waals surface area (Å²) in [6, 6.07) is 2.11. The highest BCUT2D eigenvalue weighted by atomic mass is 16.5. The van der Waals surface area contributed by atoms with Gasteiger partial charge in [0.05, 0.1) is 25.1 Å². The van der Waals surface area contributed by atoms with Crippen LogP contribution in [0.15, 0.2) is 12.3 Å². The van der Waals surface area contributed by atoms with E-state index in [2.05, 4.69) is 26.1 Å². The highest BCUT2D eigenvalue weighted by Crippen LogP contribution is 2.22. The number of hydrogen-bond donors (Lipinski definition) is 0. The summed E-state index contributed by atoms with van der Waals surface area (Å²) >= 11 is 0. The first-order chi connectivity index (χ1) is 12.8. The average Bonchev–Trinajstić information content (AvgIpc) is 2.75. The van der Waals surface area contributed by atoms with Crippen LogP contribution in [0.25, 0.3) is 0 Å². The number of piperazine rings is 1. The summed E-state index contributed by atoms with van der Waals surface area (Å²) < 4.78 is 10.8. The fourth-order valence-corrected chi connectivity index (χ4v) is 3.85. The molecule has 3 aliphatic rings. The molecule has 8 nitrogen and oxygen atoms in total. The molecule has 0 unspecified atom stereocenters. The number of carbonyl (C=O) groups is 1. The molecule has 0 bridgehead atoms. The van der Waals surface area contributed by atoms with Gasteiger partial charge in [0.2, 0.25) is 5.91 Å². The third kappa shape index (κ3) is 3.91. The van der Waals surface area contributed by atoms with Crippen molar-refractivity contribution in [1.82, 2.24) is 15.1 Å². The molecule has 0 N–H and O–H groups in total. The number of aromatic nitrogens is 2. The lowest BCUT2D eigenvalue weighted by Crippen LogP contribution is -2.51. The van der Waals surface area contributed by atoms with Crippen molar-refractivity contribution in [3.63, 3.8) is 0 Å². The summed E-state index contributed by atoms with van der Waals surface area (Å²) in [6.07, 6.45) is 3.53. The molecule has 26 heavy (non-hydrogen) atoms. The second-order valence-electron chi connectivity index (χ2n) is 7.07. The Morgan fingerprint density at radius 2 is 1.62 bits per heavy atom. The molecule has 1 aromatic rings. The monoisotopic (exact) mass is 361 g/mol. The van der Waals surface area contributed by atoms with E-state index >= 15 is 0 Å². The van der Waals surface area contributed by atoms with Crippen LogP contribution in [0.3, 0.4) is 0 Å². The summed E-state index contributed by atoms with van der Waals surface area (Å²) in [5.74, 6) is 1.33. The van der Waals surface area contributed by atoms with Gasteiger partial charge in [0.25, 0.3) is 0 Å². The highest BCUT2D eigenvalue weighted by molar-refractivity contribution is 5.79. The van der Waals surface area contributed by atoms with Crippen molar-refractivity contribution >= 4 is 17.4 Å². The van der Waals surface area contributed by atoms with Crippen molar-refractivity contribution < 1.29 is 14.3 Å². The predicted molar refractivity (Wildman–Crippen MR) is 97.4 cm³/mol. The fraction of sp³-hybridized carbons (Fsp3) is 0.722. The molecule has 0 aromatic carbocycles. The van der Waals surface area contributed by atoms with Gasteiger partial charge in [-0.3, -0.25) is 4.79 Å². The molecular weight excluding hydrogens is 334 g/mol. The highest BCUT2D eigenvalue weighted by Gasteiger charge is 2.29. The third-order valence-corrected chi connectivity index (χ3v) is 5.49. The summed E-state index contributed by atoms with van der Waals surface area (Å²) in [5, 5.41) is 8.51. The van der Waals surface area contributed by atoms with Crippen molar-refractivity contribution in [2.45, 2.75) is 12.8 Å². The Bertz CT molecular complexity index is 609. The van der Waals surface area contributed by atoms with Gasteiger partial charge >= 0.3 is 0 Å². The first kappa shape index (κ1) is 17.5. The van der Waals surface area contributed by atoms with Crippen LogP contribution in [0.5, 0.6) is 0 Å². The van der Waals surface area contributed by atoms with Crippen molar-refractivity contribution in [3.8, 4) is 0 Å². The van der Waals surface area contributed by atoms with E-state index in [0.29, 0.717) is 19.1 Å². The SMILES string of the molecule is O=C(C1CCOCC1)N1CCN(c2cc(N3CCOCC3)cnn2)CC1. The fourth-order valence-electron chi connectivity index (χ4n) is 3.85. The molecular formula is C18H27N5O3. The molecule has 8 heteroatoms. The Morgan fingerprint density at radius 3 is 2.35 bits per heavy atom. The molecule has 0 saturated carbocycles. The molecule has 1 aromatic heterocycles. The van der Waals surface area contributed by atoms with E-state index in [0.717, 1.165) is 76.8 Å². The average molecular weight is 361 g/mol. The minimum atomic E-state index is 0.139. The second kappa shape index (κ2) is 8.18. The van der Waals surface area contributed by atoms with Gasteiger partial charge in [0.15, 0.2) is 5.82 Å². The molecule has 3 fully saturated rings. The molecule has 4 heterocycles. The Morgan fingerprint density at radius 1 is 0.923 bits per heavy atom. The number of nitrogens with zero attached hydrogens (tertiary/aromatic N) is 5. The number of morpholine rings is 1. The zero-order chi connectivity index (χ0) is 17.8. The number of hydrogen-bond acceptors (Lipinski definition) is 7. The molecule has 4 rings (SSSR count). The number of ether oxygens (including phenoxy) is 2. The minimum absolute atomic E-state index is 0.139. The van der Waals surface area contributed by atoms with Gasteiger partial charge in [-0.25, -0.2) is 0 Å². The Hall–Kier alpha value is -1.93. The van der Waals surface area contributed by atoms with Crippen molar-refractivity contribution in [3.05, 3.63) is 12.3 Å². The molecule has 0 atom stereocenters. The smallest absolute Gasteiger partial charge is 0.225 e. The Balaban J connectivity index is 1.35. The maximum atomic E-state index is 12.7. The number of amides is 1.